The van der Waals surface area contributed by atoms with Gasteiger partial charge in [-0.2, -0.15) is 5.26 Å². The summed E-state index contributed by atoms with van der Waals surface area (Å²) in [6, 6.07) is 12.0. The van der Waals surface area contributed by atoms with E-state index in [4.69, 9.17) is 11.0 Å². The summed E-state index contributed by atoms with van der Waals surface area (Å²) in [5.41, 5.74) is 9.04. The van der Waals surface area contributed by atoms with E-state index in [0.717, 1.165) is 16.7 Å². The normalized spacial score (nSPS) is 12.4. The lowest BCUT2D eigenvalue weighted by Gasteiger charge is -2.13. The van der Waals surface area contributed by atoms with E-state index < -0.39 is 0 Å². The highest BCUT2D eigenvalue weighted by Crippen LogP contribution is 2.19. The maximum atomic E-state index is 9.08. The van der Waals surface area contributed by atoms with Crippen molar-refractivity contribution < 1.29 is 0 Å². The zero-order valence-electron chi connectivity index (χ0n) is 11.4. The highest BCUT2D eigenvalue weighted by Gasteiger charge is 2.11. The van der Waals surface area contributed by atoms with E-state index in [2.05, 4.69) is 36.7 Å². The van der Waals surface area contributed by atoms with Crippen LogP contribution < -0.4 is 5.73 Å². The van der Waals surface area contributed by atoms with Crippen LogP contribution in [0.4, 0.5) is 0 Å². The first-order chi connectivity index (χ1) is 9.11. The number of nitriles is 1. The Morgan fingerprint density at radius 1 is 1.26 bits per heavy atom. The molecule has 0 saturated carbocycles. The van der Waals surface area contributed by atoms with E-state index in [1.165, 1.54) is 0 Å². The van der Waals surface area contributed by atoms with E-state index in [1.54, 1.807) is 0 Å². The molecule has 2 rings (SSSR count). The summed E-state index contributed by atoms with van der Waals surface area (Å²) in [7, 11) is 0. The van der Waals surface area contributed by atoms with Crippen LogP contribution in [-0.2, 0) is 6.54 Å². The maximum absolute atomic E-state index is 9.08. The second kappa shape index (κ2) is 5.73. The van der Waals surface area contributed by atoms with Crippen molar-refractivity contribution in [3.63, 3.8) is 0 Å². The lowest BCUT2D eigenvalue weighted by molar-refractivity contribution is 0.513. The van der Waals surface area contributed by atoms with Crippen LogP contribution >= 0.6 is 0 Å². The molecular weight excluding hydrogens is 234 g/mol. The lowest BCUT2D eigenvalue weighted by Crippen LogP contribution is -2.15. The number of nitrogens with zero attached hydrogens (tertiary/aromatic N) is 2. The minimum Gasteiger partial charge on any atom is -0.350 e. The predicted octanol–water partition coefficient (Wildman–Crippen LogP) is 3.06. The van der Waals surface area contributed by atoms with Gasteiger partial charge in [0.25, 0.3) is 0 Å². The van der Waals surface area contributed by atoms with Gasteiger partial charge in [-0.1, -0.05) is 32.0 Å². The van der Waals surface area contributed by atoms with Crippen LogP contribution in [0.2, 0.25) is 0 Å². The van der Waals surface area contributed by atoms with E-state index in [-0.39, 0.29) is 6.04 Å². The van der Waals surface area contributed by atoms with Gasteiger partial charge in [-0.25, -0.2) is 0 Å². The fraction of sp³-hybridized carbons (Fsp3) is 0.312. The molecule has 0 saturated heterocycles. The smallest absolute Gasteiger partial charge is 0.0995 e. The van der Waals surface area contributed by atoms with Crippen LogP contribution in [0.25, 0.3) is 0 Å². The van der Waals surface area contributed by atoms with Crippen LogP contribution in [0.3, 0.4) is 0 Å². The van der Waals surface area contributed by atoms with E-state index >= 15 is 0 Å². The van der Waals surface area contributed by atoms with Gasteiger partial charge < -0.3 is 10.3 Å². The van der Waals surface area contributed by atoms with Crippen LogP contribution in [-0.4, -0.2) is 4.57 Å². The maximum Gasteiger partial charge on any atom is 0.0995 e. The number of hydrogen-bond acceptors (Lipinski definition) is 2. The molecule has 0 amide bonds. The lowest BCUT2D eigenvalue weighted by atomic mass is 10.00. The summed E-state index contributed by atoms with van der Waals surface area (Å²) in [6.45, 7) is 4.94. The minimum atomic E-state index is 0.0625. The van der Waals surface area contributed by atoms with Crippen molar-refractivity contribution in [3.05, 3.63) is 59.4 Å². The summed E-state index contributed by atoms with van der Waals surface area (Å²) < 4.78 is 2.08. The fourth-order valence-electron chi connectivity index (χ4n) is 2.10. The Labute approximate surface area is 114 Å². The molecule has 1 atom stereocenters. The van der Waals surface area contributed by atoms with Crippen molar-refractivity contribution in [2.45, 2.75) is 26.4 Å². The highest BCUT2D eigenvalue weighted by molar-refractivity contribution is 5.37. The summed E-state index contributed by atoms with van der Waals surface area (Å²) in [5, 5.41) is 9.08. The van der Waals surface area contributed by atoms with Gasteiger partial charge in [-0.05, 0) is 29.2 Å². The van der Waals surface area contributed by atoms with Crippen molar-refractivity contribution >= 4 is 0 Å². The quantitative estimate of drug-likeness (QED) is 0.910. The number of rotatable bonds is 4. The van der Waals surface area contributed by atoms with Crippen molar-refractivity contribution in [1.82, 2.24) is 4.57 Å². The first-order valence-electron chi connectivity index (χ1n) is 6.51. The molecule has 19 heavy (non-hydrogen) atoms. The van der Waals surface area contributed by atoms with Gasteiger partial charge in [-0.15, -0.1) is 0 Å². The molecule has 2 N–H and O–H groups in total. The molecule has 1 heterocycles. The first kappa shape index (κ1) is 13.4. The van der Waals surface area contributed by atoms with Crippen molar-refractivity contribution in [2.75, 3.05) is 0 Å². The Morgan fingerprint density at radius 3 is 2.68 bits per heavy atom. The van der Waals surface area contributed by atoms with Crippen LogP contribution in [0.15, 0.2) is 42.7 Å². The number of benzene rings is 1. The van der Waals surface area contributed by atoms with Gasteiger partial charge >= 0.3 is 0 Å². The third kappa shape index (κ3) is 3.04. The Morgan fingerprint density at radius 2 is 2.00 bits per heavy atom. The number of aromatic nitrogens is 1. The van der Waals surface area contributed by atoms with Crippen molar-refractivity contribution in [3.8, 4) is 6.07 Å². The molecular formula is C16H19N3. The summed E-state index contributed by atoms with van der Waals surface area (Å²) in [5.74, 6) is 0.419. The second-order valence-electron chi connectivity index (χ2n) is 5.16. The molecule has 0 spiro atoms. The Balaban J connectivity index is 2.19. The third-order valence-electron chi connectivity index (χ3n) is 3.37. The van der Waals surface area contributed by atoms with Crippen molar-refractivity contribution in [2.24, 2.45) is 11.7 Å². The van der Waals surface area contributed by atoms with Gasteiger partial charge in [0.1, 0.15) is 0 Å². The molecule has 0 fully saturated rings. The van der Waals surface area contributed by atoms with E-state index in [1.807, 2.05) is 30.5 Å². The van der Waals surface area contributed by atoms with E-state index in [9.17, 15) is 0 Å². The van der Waals surface area contributed by atoms with Gasteiger partial charge in [-0.3, -0.25) is 0 Å². The Hall–Kier alpha value is -2.05. The standard InChI is InChI=1S/C16H19N3/c1-12(2)16(18)15-7-8-19(11-15)10-14-6-4-3-5-13(14)9-17/h3-8,11-12,16H,10,18H2,1-2H3. The van der Waals surface area contributed by atoms with Crippen LogP contribution in [0.5, 0.6) is 0 Å². The molecule has 3 nitrogen and oxygen atoms in total. The second-order valence-corrected chi connectivity index (χ2v) is 5.16. The summed E-state index contributed by atoms with van der Waals surface area (Å²) >= 11 is 0. The number of nitrogens with two attached hydrogens (primary N) is 1. The summed E-state index contributed by atoms with van der Waals surface area (Å²) in [6.07, 6.45) is 4.09. The summed E-state index contributed by atoms with van der Waals surface area (Å²) in [4.78, 5) is 0. The molecule has 0 aliphatic carbocycles. The number of hydrogen-bond donors (Lipinski definition) is 1. The SMILES string of the molecule is CC(C)C(N)c1ccn(Cc2ccccc2C#N)c1. The Bertz CT molecular complexity index is 590. The first-order valence-corrected chi connectivity index (χ1v) is 6.51. The van der Waals surface area contributed by atoms with Gasteiger partial charge in [0.05, 0.1) is 11.6 Å². The molecule has 1 aromatic carbocycles. The highest BCUT2D eigenvalue weighted by atomic mass is 14.9. The molecule has 98 valence electrons. The third-order valence-corrected chi connectivity index (χ3v) is 3.37. The molecule has 3 heteroatoms. The van der Waals surface area contributed by atoms with Crippen molar-refractivity contribution in [1.29, 1.82) is 5.26 Å². The van der Waals surface area contributed by atoms with Crippen LogP contribution in [0, 0.1) is 17.2 Å². The largest absolute Gasteiger partial charge is 0.350 e. The molecule has 1 unspecified atom stereocenters. The zero-order valence-corrected chi connectivity index (χ0v) is 11.4. The van der Waals surface area contributed by atoms with Gasteiger partial charge in [0.2, 0.25) is 0 Å². The predicted molar refractivity (Wildman–Crippen MR) is 76.5 cm³/mol. The van der Waals surface area contributed by atoms with Gasteiger partial charge in [0.15, 0.2) is 0 Å². The molecule has 0 radical (unpaired) electrons. The average molecular weight is 253 g/mol. The molecule has 0 aliphatic rings. The monoisotopic (exact) mass is 253 g/mol. The zero-order chi connectivity index (χ0) is 13.8. The van der Waals surface area contributed by atoms with Gasteiger partial charge in [0, 0.05) is 25.0 Å². The molecule has 0 aliphatic heterocycles. The minimum absolute atomic E-state index is 0.0625. The molecule has 1 aromatic heterocycles. The molecule has 2 aromatic rings. The van der Waals surface area contributed by atoms with Crippen LogP contribution in [0.1, 0.15) is 36.6 Å². The van der Waals surface area contributed by atoms with E-state index in [0.29, 0.717) is 12.5 Å². The fourth-order valence-corrected chi connectivity index (χ4v) is 2.10. The molecule has 0 bridgehead atoms. The average Bonchev–Trinajstić information content (AvgIpc) is 2.87. The topological polar surface area (TPSA) is 54.7 Å². The Kier molecular flexibility index (Phi) is 4.03.